The molecule has 0 radical (unpaired) electrons. The van der Waals surface area contributed by atoms with Crippen LogP contribution in [0.3, 0.4) is 0 Å². The first-order valence-corrected chi connectivity index (χ1v) is 9.97. The van der Waals surface area contributed by atoms with Crippen LogP contribution in [0.25, 0.3) is 16.5 Å². The van der Waals surface area contributed by atoms with Crippen molar-refractivity contribution in [3.05, 3.63) is 89.2 Å². The van der Waals surface area contributed by atoms with Crippen LogP contribution in [0.15, 0.2) is 66.9 Å². The number of carbonyl (C=O) groups is 3. The Balaban J connectivity index is 1.78. The van der Waals surface area contributed by atoms with Gasteiger partial charge >= 0.3 is 5.97 Å². The molecule has 0 saturated heterocycles. The lowest BCUT2D eigenvalue weighted by Crippen LogP contribution is -2.40. The van der Waals surface area contributed by atoms with Gasteiger partial charge in [-0.15, -0.1) is 0 Å². The molecule has 0 spiro atoms. The predicted octanol–water partition coefficient (Wildman–Crippen LogP) is 3.67. The fourth-order valence-electron chi connectivity index (χ4n) is 4.21. The van der Waals surface area contributed by atoms with Crippen molar-refractivity contribution in [2.75, 3.05) is 17.7 Å². The van der Waals surface area contributed by atoms with Crippen LogP contribution in [-0.2, 0) is 4.74 Å². The Morgan fingerprint density at radius 3 is 2.33 bits per heavy atom. The van der Waals surface area contributed by atoms with Gasteiger partial charge in [-0.05, 0) is 30.3 Å². The lowest BCUT2D eigenvalue weighted by molar-refractivity contribution is 0.0592. The number of benzene rings is 3. The van der Waals surface area contributed by atoms with Crippen molar-refractivity contribution in [2.45, 2.75) is 0 Å². The summed E-state index contributed by atoms with van der Waals surface area (Å²) in [7, 11) is 1.22. The van der Waals surface area contributed by atoms with Crippen LogP contribution in [0, 0.1) is 11.3 Å². The van der Waals surface area contributed by atoms with Crippen LogP contribution in [0.5, 0.6) is 0 Å². The van der Waals surface area contributed by atoms with E-state index in [0.717, 1.165) is 4.90 Å². The Morgan fingerprint density at radius 2 is 1.67 bits per heavy atom. The number of carbonyl (C=O) groups excluding carboxylic acids is 3. The van der Waals surface area contributed by atoms with Crippen molar-refractivity contribution in [1.29, 1.82) is 5.26 Å². The van der Waals surface area contributed by atoms with Gasteiger partial charge in [0.15, 0.2) is 5.69 Å². The molecular weight excluding hydrogens is 420 g/mol. The summed E-state index contributed by atoms with van der Waals surface area (Å²) in [4.78, 5) is 40.3. The van der Waals surface area contributed by atoms with Gasteiger partial charge < -0.3 is 15.0 Å². The molecule has 0 saturated carbocycles. The molecule has 2 N–H and O–H groups in total. The molecule has 33 heavy (non-hydrogen) atoms. The summed E-state index contributed by atoms with van der Waals surface area (Å²) in [6.07, 6.45) is 1.44. The van der Waals surface area contributed by atoms with Gasteiger partial charge in [-0.3, -0.25) is 9.59 Å². The van der Waals surface area contributed by atoms with E-state index >= 15 is 0 Å². The fraction of sp³-hybridized carbons (Fsp3) is 0.0400. The highest BCUT2D eigenvalue weighted by molar-refractivity contribution is 6.36. The topological polar surface area (TPSA) is 118 Å². The molecule has 160 valence electrons. The van der Waals surface area contributed by atoms with E-state index in [2.05, 4.69) is 0 Å². The van der Waals surface area contributed by atoms with Crippen LogP contribution in [0.1, 0.15) is 36.8 Å². The molecule has 3 aromatic carbocycles. The Bertz CT molecular complexity index is 1510. The summed E-state index contributed by atoms with van der Waals surface area (Å²) in [5, 5.41) is 10.5. The molecule has 1 aliphatic rings. The zero-order valence-electron chi connectivity index (χ0n) is 17.4. The van der Waals surface area contributed by atoms with Crippen molar-refractivity contribution in [1.82, 2.24) is 4.57 Å². The summed E-state index contributed by atoms with van der Waals surface area (Å²) in [6.45, 7) is 0. The third-order valence-corrected chi connectivity index (χ3v) is 5.70. The normalized spacial score (nSPS) is 12.7. The van der Waals surface area contributed by atoms with Gasteiger partial charge in [-0.1, -0.05) is 30.3 Å². The SMILES string of the molecule is COC(=O)c1c(N)c(C#N)cn1-c1ccc2c3c(cccc13)C(=O)N(c1ccccc1)C2=O. The second-order valence-corrected chi connectivity index (χ2v) is 7.42. The molecule has 0 fully saturated rings. The first-order chi connectivity index (χ1) is 16.0. The highest BCUT2D eigenvalue weighted by Gasteiger charge is 2.35. The maximum atomic E-state index is 13.3. The predicted molar refractivity (Wildman–Crippen MR) is 121 cm³/mol. The Labute approximate surface area is 188 Å². The van der Waals surface area contributed by atoms with Crippen LogP contribution in [-0.4, -0.2) is 29.5 Å². The van der Waals surface area contributed by atoms with E-state index in [-0.39, 0.29) is 16.9 Å². The Hall–Kier alpha value is -4.90. The fourth-order valence-corrected chi connectivity index (χ4v) is 4.21. The molecule has 0 aliphatic carbocycles. The highest BCUT2D eigenvalue weighted by atomic mass is 16.5. The second-order valence-electron chi connectivity index (χ2n) is 7.42. The molecular formula is C25H16N4O4. The van der Waals surface area contributed by atoms with E-state index in [4.69, 9.17) is 10.5 Å². The van der Waals surface area contributed by atoms with Gasteiger partial charge in [0.25, 0.3) is 11.8 Å². The third-order valence-electron chi connectivity index (χ3n) is 5.70. The lowest BCUT2D eigenvalue weighted by Gasteiger charge is -2.28. The number of hydrogen-bond donors (Lipinski definition) is 1. The third kappa shape index (κ3) is 2.80. The maximum Gasteiger partial charge on any atom is 0.357 e. The van der Waals surface area contributed by atoms with Crippen LogP contribution in [0.2, 0.25) is 0 Å². The quantitative estimate of drug-likeness (QED) is 0.387. The van der Waals surface area contributed by atoms with Gasteiger partial charge in [0.05, 0.1) is 29.7 Å². The van der Waals surface area contributed by atoms with E-state index in [9.17, 15) is 19.6 Å². The van der Waals surface area contributed by atoms with Gasteiger partial charge in [-0.2, -0.15) is 5.26 Å². The summed E-state index contributed by atoms with van der Waals surface area (Å²) in [5.41, 5.74) is 7.80. The number of ether oxygens (including phenoxy) is 1. The average Bonchev–Trinajstić information content (AvgIpc) is 3.18. The minimum Gasteiger partial charge on any atom is -0.464 e. The number of esters is 1. The van der Waals surface area contributed by atoms with Crippen LogP contribution >= 0.6 is 0 Å². The van der Waals surface area contributed by atoms with Crippen molar-refractivity contribution >= 4 is 39.9 Å². The zero-order chi connectivity index (χ0) is 23.3. The average molecular weight is 436 g/mol. The molecule has 0 atom stereocenters. The van der Waals surface area contributed by atoms with E-state index in [1.807, 2.05) is 6.07 Å². The molecule has 2 amide bonds. The van der Waals surface area contributed by atoms with Gasteiger partial charge in [0.2, 0.25) is 0 Å². The Kier molecular flexibility index (Phi) is 4.46. The molecule has 8 heteroatoms. The number of rotatable bonds is 3. The minimum absolute atomic E-state index is 0.00544. The molecule has 4 aromatic rings. The van der Waals surface area contributed by atoms with E-state index in [0.29, 0.717) is 33.3 Å². The Morgan fingerprint density at radius 1 is 0.970 bits per heavy atom. The number of nitrogens with two attached hydrogens (primary N) is 1. The molecule has 5 rings (SSSR count). The summed E-state index contributed by atoms with van der Waals surface area (Å²) in [5.74, 6) is -1.60. The number of hydrogen-bond acceptors (Lipinski definition) is 6. The van der Waals surface area contributed by atoms with E-state index < -0.39 is 17.8 Å². The number of aromatic nitrogens is 1. The standard InChI is InChI=1S/C25H16N4O4/c1-33-25(32)22-21(27)14(12-26)13-28(22)19-11-10-18-20-16(19)8-5-9-17(20)23(30)29(24(18)31)15-6-3-2-4-7-15/h2-11,13H,27H2,1H3. The maximum absolute atomic E-state index is 13.3. The smallest absolute Gasteiger partial charge is 0.357 e. The number of methoxy groups -OCH3 is 1. The van der Waals surface area contributed by atoms with Crippen molar-refractivity contribution < 1.29 is 19.1 Å². The summed E-state index contributed by atoms with van der Waals surface area (Å²) < 4.78 is 6.32. The van der Waals surface area contributed by atoms with Crippen LogP contribution < -0.4 is 10.6 Å². The van der Waals surface area contributed by atoms with Crippen molar-refractivity contribution in [2.24, 2.45) is 0 Å². The minimum atomic E-state index is -0.711. The molecule has 0 bridgehead atoms. The number of amides is 2. The summed E-state index contributed by atoms with van der Waals surface area (Å²) >= 11 is 0. The number of imide groups is 1. The molecule has 8 nitrogen and oxygen atoms in total. The first-order valence-electron chi connectivity index (χ1n) is 9.97. The van der Waals surface area contributed by atoms with Crippen molar-refractivity contribution in [3.63, 3.8) is 0 Å². The van der Waals surface area contributed by atoms with Gasteiger partial charge in [0.1, 0.15) is 6.07 Å². The number of nitrogens with zero attached hydrogens (tertiary/aromatic N) is 3. The van der Waals surface area contributed by atoms with Gasteiger partial charge in [-0.25, -0.2) is 9.69 Å². The monoisotopic (exact) mass is 436 g/mol. The molecule has 1 aromatic heterocycles. The number of nitriles is 1. The van der Waals surface area contributed by atoms with Crippen LogP contribution in [0.4, 0.5) is 11.4 Å². The van der Waals surface area contributed by atoms with Gasteiger partial charge in [0, 0.05) is 28.1 Å². The number of para-hydroxylation sites is 1. The number of anilines is 2. The van der Waals surface area contributed by atoms with Crippen molar-refractivity contribution in [3.8, 4) is 11.8 Å². The summed E-state index contributed by atoms with van der Waals surface area (Å²) in [6, 6.07) is 19.1. The molecule has 1 aliphatic heterocycles. The lowest BCUT2D eigenvalue weighted by atomic mass is 9.92. The first kappa shape index (κ1) is 20.0. The number of nitrogen functional groups attached to an aromatic ring is 1. The molecule has 2 heterocycles. The second kappa shape index (κ2) is 7.35. The van der Waals surface area contributed by atoms with E-state index in [1.165, 1.54) is 17.9 Å². The van der Waals surface area contributed by atoms with E-state index in [1.54, 1.807) is 60.7 Å². The zero-order valence-corrected chi connectivity index (χ0v) is 17.4. The largest absolute Gasteiger partial charge is 0.464 e. The highest BCUT2D eigenvalue weighted by Crippen LogP contribution is 2.37. The molecule has 0 unspecified atom stereocenters.